The molecule has 0 spiro atoms. The molecular weight excluding hydrogens is 158 g/mol. The van der Waals surface area contributed by atoms with Crippen LogP contribution in [0.3, 0.4) is 0 Å². The summed E-state index contributed by atoms with van der Waals surface area (Å²) in [7, 11) is 0. The molecule has 0 aromatic carbocycles. The van der Waals surface area contributed by atoms with Gasteiger partial charge in [-0.05, 0) is 32.1 Å². The van der Waals surface area contributed by atoms with E-state index in [0.717, 1.165) is 0 Å². The molecule has 1 unspecified atom stereocenters. The van der Waals surface area contributed by atoms with Crippen molar-refractivity contribution in [2.45, 2.75) is 6.92 Å². The van der Waals surface area contributed by atoms with Gasteiger partial charge in [0.05, 0.1) is 0 Å². The third-order valence-electron chi connectivity index (χ3n) is 1.49. The van der Waals surface area contributed by atoms with Gasteiger partial charge < -0.3 is 0 Å². The molecule has 0 aromatic heterocycles. The molecule has 2 heteroatoms. The Bertz CT molecular complexity index is 185. The Labute approximate surface area is 66.0 Å². The lowest BCUT2D eigenvalue weighted by molar-refractivity contribution is 1.49. The molecule has 0 aromatic rings. The van der Waals surface area contributed by atoms with Crippen molar-refractivity contribution in [3.8, 4) is 0 Å². The van der Waals surface area contributed by atoms with Gasteiger partial charge in [-0.15, -0.1) is 26.4 Å². The second-order valence-electron chi connectivity index (χ2n) is 4.01. The molecule has 10 heavy (non-hydrogen) atoms. The summed E-state index contributed by atoms with van der Waals surface area (Å²) in [5.74, 6) is 1.32. The summed E-state index contributed by atoms with van der Waals surface area (Å²) in [6.45, 7) is 7.55. The zero-order valence-corrected chi connectivity index (χ0v) is 9.51. The predicted molar refractivity (Wildman–Crippen MR) is 61.3 cm³/mol. The van der Waals surface area contributed by atoms with Crippen LogP contribution in [-0.4, -0.2) is 44.7 Å². The summed E-state index contributed by atoms with van der Waals surface area (Å²) < 4.78 is 0. The minimum absolute atomic E-state index is 0.808. The van der Waals surface area contributed by atoms with Crippen molar-refractivity contribution in [1.82, 2.24) is 0 Å². The molecule has 0 amide bonds. The standard InChI is InChI=1S/C8H20P2/c1-7-10(5,6)8-9(2,3)4/h2,5,7-8H2,1,3-4,6H3. The highest BCUT2D eigenvalue weighted by atomic mass is 31.2. The van der Waals surface area contributed by atoms with Gasteiger partial charge in [-0.3, -0.25) is 0 Å². The molecule has 0 N–H and O–H groups in total. The van der Waals surface area contributed by atoms with Gasteiger partial charge in [-0.2, -0.15) is 0 Å². The lowest BCUT2D eigenvalue weighted by Gasteiger charge is -2.23. The first kappa shape index (κ1) is 10.6. The summed E-state index contributed by atoms with van der Waals surface area (Å²) in [4.78, 5) is 0. The molecule has 0 aliphatic carbocycles. The molecule has 0 aliphatic rings. The van der Waals surface area contributed by atoms with E-state index in [-0.39, 0.29) is 0 Å². The fourth-order valence-corrected chi connectivity index (χ4v) is 9.22. The number of rotatable bonds is 3. The maximum atomic E-state index is 4.27. The van der Waals surface area contributed by atoms with Crippen LogP contribution in [0.2, 0.25) is 0 Å². The Hall–Kier alpha value is 0.600. The van der Waals surface area contributed by atoms with Gasteiger partial charge in [0.15, 0.2) is 0 Å². The zero-order chi connectivity index (χ0) is 8.41. The van der Waals surface area contributed by atoms with E-state index in [9.17, 15) is 0 Å². The van der Waals surface area contributed by atoms with Crippen LogP contribution < -0.4 is 0 Å². The molecule has 0 fully saturated rings. The van der Waals surface area contributed by atoms with E-state index in [1.165, 1.54) is 12.1 Å². The molecule has 62 valence electrons. The van der Waals surface area contributed by atoms with E-state index < -0.39 is 13.8 Å². The fourth-order valence-electron chi connectivity index (χ4n) is 1.02. The van der Waals surface area contributed by atoms with Gasteiger partial charge in [-0.25, -0.2) is 0 Å². The molecule has 0 heterocycles. The first-order valence-electron chi connectivity index (χ1n) is 3.63. The fraction of sp³-hybridized carbons (Fsp3) is 0.750. The summed E-state index contributed by atoms with van der Waals surface area (Å²) in [5, 5.41) is 0. The van der Waals surface area contributed by atoms with Crippen LogP contribution in [0.4, 0.5) is 0 Å². The third-order valence-corrected chi connectivity index (χ3v) is 8.81. The largest absolute Gasteiger partial charge is 0.114 e. The first-order chi connectivity index (χ1) is 4.27. The molecule has 0 radical (unpaired) electrons. The normalized spacial score (nSPS) is 18.4. The maximum absolute atomic E-state index is 4.27. The van der Waals surface area contributed by atoms with Crippen molar-refractivity contribution in [3.05, 3.63) is 0 Å². The van der Waals surface area contributed by atoms with Gasteiger partial charge in [0, 0.05) is 0 Å². The second-order valence-corrected chi connectivity index (χ2v) is 12.9. The van der Waals surface area contributed by atoms with Gasteiger partial charge in [-0.1, -0.05) is 6.92 Å². The molecule has 0 bridgehead atoms. The molecular formula is C8H20P2. The van der Waals surface area contributed by atoms with Gasteiger partial charge >= 0.3 is 0 Å². The summed E-state index contributed by atoms with van der Waals surface area (Å²) >= 11 is 0. The summed E-state index contributed by atoms with van der Waals surface area (Å²) in [5.41, 5.74) is 0. The molecule has 0 nitrogen and oxygen atoms in total. The molecule has 0 rings (SSSR count). The second kappa shape index (κ2) is 3.33. The minimum atomic E-state index is -0.817. The molecule has 0 saturated heterocycles. The Morgan fingerprint density at radius 1 is 1.10 bits per heavy atom. The van der Waals surface area contributed by atoms with Crippen molar-refractivity contribution in [2.24, 2.45) is 0 Å². The SMILES string of the molecule is C=P(C)(C)CP(=C)(C)CC. The Kier molecular flexibility index (Phi) is 3.53. The monoisotopic (exact) mass is 178 g/mol. The lowest BCUT2D eigenvalue weighted by atomic mass is 11.0. The average molecular weight is 178 g/mol. The molecule has 0 saturated carbocycles. The average Bonchev–Trinajstić information content (AvgIpc) is 1.60. The van der Waals surface area contributed by atoms with E-state index in [4.69, 9.17) is 0 Å². The zero-order valence-electron chi connectivity index (χ0n) is 7.72. The quantitative estimate of drug-likeness (QED) is 0.583. The van der Waals surface area contributed by atoms with E-state index in [2.05, 4.69) is 39.5 Å². The Morgan fingerprint density at radius 3 is 1.60 bits per heavy atom. The van der Waals surface area contributed by atoms with Crippen molar-refractivity contribution in [3.63, 3.8) is 0 Å². The highest BCUT2D eigenvalue weighted by Gasteiger charge is 2.09. The van der Waals surface area contributed by atoms with E-state index in [1.807, 2.05) is 0 Å². The number of hydrogen-bond acceptors (Lipinski definition) is 0. The van der Waals surface area contributed by atoms with E-state index in [0.29, 0.717) is 0 Å². The maximum Gasteiger partial charge on any atom is -0.0140 e. The van der Waals surface area contributed by atoms with E-state index in [1.54, 1.807) is 0 Å². The highest BCUT2D eigenvalue weighted by molar-refractivity contribution is 7.88. The van der Waals surface area contributed by atoms with Crippen LogP contribution in [0.25, 0.3) is 0 Å². The summed E-state index contributed by atoms with van der Waals surface area (Å²) in [6.07, 6.45) is 9.74. The van der Waals surface area contributed by atoms with Crippen LogP contribution in [-0.2, 0) is 0 Å². The van der Waals surface area contributed by atoms with Crippen molar-refractivity contribution in [1.29, 1.82) is 0 Å². The van der Waals surface area contributed by atoms with Gasteiger partial charge in [0.1, 0.15) is 0 Å². The van der Waals surface area contributed by atoms with E-state index >= 15 is 0 Å². The third kappa shape index (κ3) is 5.39. The van der Waals surface area contributed by atoms with Crippen LogP contribution in [0.1, 0.15) is 6.92 Å². The Balaban J connectivity index is 4.17. The summed E-state index contributed by atoms with van der Waals surface area (Å²) in [6, 6.07) is 0. The van der Waals surface area contributed by atoms with Crippen LogP contribution in [0, 0.1) is 0 Å². The van der Waals surface area contributed by atoms with Crippen molar-refractivity contribution >= 4 is 26.4 Å². The van der Waals surface area contributed by atoms with Crippen LogP contribution in [0.15, 0.2) is 0 Å². The van der Waals surface area contributed by atoms with Crippen LogP contribution >= 0.6 is 13.8 Å². The smallest absolute Gasteiger partial charge is 0.0140 e. The minimum Gasteiger partial charge on any atom is -0.114 e. The lowest BCUT2D eigenvalue weighted by Crippen LogP contribution is -1.91. The highest BCUT2D eigenvalue weighted by Crippen LogP contribution is 2.54. The molecule has 0 aliphatic heterocycles. The molecule has 1 atom stereocenters. The Morgan fingerprint density at radius 2 is 1.50 bits per heavy atom. The number of hydrogen-bond donors (Lipinski definition) is 0. The first-order valence-corrected chi connectivity index (χ1v) is 9.48. The predicted octanol–water partition coefficient (Wildman–Crippen LogP) is 2.75. The van der Waals surface area contributed by atoms with Gasteiger partial charge in [0.2, 0.25) is 0 Å². The van der Waals surface area contributed by atoms with Gasteiger partial charge in [0.25, 0.3) is 0 Å². The van der Waals surface area contributed by atoms with Crippen molar-refractivity contribution < 1.29 is 0 Å². The van der Waals surface area contributed by atoms with Crippen molar-refractivity contribution in [2.75, 3.05) is 32.1 Å². The topological polar surface area (TPSA) is 0 Å². The van der Waals surface area contributed by atoms with Crippen LogP contribution in [0.5, 0.6) is 0 Å².